The second-order valence-electron chi connectivity index (χ2n) is 8.58. The largest absolute Gasteiger partial charge is 0.0617 e. The third-order valence-corrected chi connectivity index (χ3v) is 6.22. The van der Waals surface area contributed by atoms with Crippen LogP contribution in [-0.4, -0.2) is 0 Å². The van der Waals surface area contributed by atoms with E-state index in [-0.39, 0.29) is 0 Å². The van der Waals surface area contributed by atoms with Gasteiger partial charge in [-0.1, -0.05) is 73.9 Å². The van der Waals surface area contributed by atoms with Crippen LogP contribution in [0.5, 0.6) is 0 Å². The molecule has 0 heteroatoms. The first-order valence-electron chi connectivity index (χ1n) is 11.9. The molecule has 0 nitrogen and oxygen atoms in total. The number of aryl methyl sites for hydroxylation is 2. The van der Waals surface area contributed by atoms with E-state index in [1.54, 1.807) is 0 Å². The highest BCUT2D eigenvalue weighted by Crippen LogP contribution is 2.25. The molecule has 0 radical (unpaired) electrons. The Morgan fingerprint density at radius 1 is 0.382 bits per heavy atom. The van der Waals surface area contributed by atoms with E-state index < -0.39 is 0 Å². The van der Waals surface area contributed by atoms with E-state index in [0.29, 0.717) is 0 Å². The Hall–Kier alpha value is -4.26. The summed E-state index contributed by atoms with van der Waals surface area (Å²) in [7, 11) is 0. The third-order valence-electron chi connectivity index (χ3n) is 6.22. The minimum Gasteiger partial charge on any atom is -0.0617 e. The van der Waals surface area contributed by atoms with Crippen molar-refractivity contribution in [1.29, 1.82) is 0 Å². The molecule has 0 bridgehead atoms. The summed E-state index contributed by atoms with van der Waals surface area (Å²) in [5.74, 6) is 13.2. The topological polar surface area (TPSA) is 0 Å². The van der Waals surface area contributed by atoms with Crippen molar-refractivity contribution in [1.82, 2.24) is 0 Å². The molecular formula is C34H26. The smallest absolute Gasteiger partial charge is 0.0255 e. The molecule has 0 amide bonds. The Morgan fingerprint density at radius 3 is 1.12 bits per heavy atom. The summed E-state index contributed by atoms with van der Waals surface area (Å²) in [5.41, 5.74) is 6.83. The van der Waals surface area contributed by atoms with Crippen molar-refractivity contribution in [2.24, 2.45) is 0 Å². The van der Waals surface area contributed by atoms with Gasteiger partial charge in [0.25, 0.3) is 0 Å². The molecule has 0 saturated carbocycles. The predicted molar refractivity (Wildman–Crippen MR) is 145 cm³/mol. The Balaban J connectivity index is 1.42. The highest BCUT2D eigenvalue weighted by atomic mass is 14.0. The van der Waals surface area contributed by atoms with Crippen LogP contribution in [-0.2, 0) is 12.8 Å². The minimum atomic E-state index is 1.03. The zero-order valence-electron chi connectivity index (χ0n) is 19.7. The van der Waals surface area contributed by atoms with Gasteiger partial charge in [-0.05, 0) is 106 Å². The van der Waals surface area contributed by atoms with Gasteiger partial charge < -0.3 is 0 Å². The van der Waals surface area contributed by atoms with Crippen molar-refractivity contribution >= 4 is 21.5 Å². The van der Waals surface area contributed by atoms with E-state index in [0.717, 1.165) is 35.1 Å². The van der Waals surface area contributed by atoms with Crippen LogP contribution >= 0.6 is 0 Å². The van der Waals surface area contributed by atoms with Gasteiger partial charge in [0.1, 0.15) is 0 Å². The van der Waals surface area contributed by atoms with Gasteiger partial charge in [0.2, 0.25) is 0 Å². The van der Waals surface area contributed by atoms with E-state index in [1.165, 1.54) is 32.7 Å². The summed E-state index contributed by atoms with van der Waals surface area (Å²) in [6, 6.07) is 34.4. The zero-order chi connectivity index (χ0) is 23.3. The molecular weight excluding hydrogens is 408 g/mol. The zero-order valence-corrected chi connectivity index (χ0v) is 19.7. The lowest BCUT2D eigenvalue weighted by Gasteiger charge is -2.04. The molecule has 34 heavy (non-hydrogen) atoms. The average Bonchev–Trinajstić information content (AvgIpc) is 2.90. The maximum atomic E-state index is 3.32. The van der Waals surface area contributed by atoms with Crippen molar-refractivity contribution in [2.45, 2.75) is 26.7 Å². The fourth-order valence-electron chi connectivity index (χ4n) is 4.09. The molecule has 162 valence electrons. The van der Waals surface area contributed by atoms with Gasteiger partial charge in [-0.25, -0.2) is 0 Å². The molecule has 0 aliphatic rings. The lowest BCUT2D eigenvalue weighted by atomic mass is 10.00. The van der Waals surface area contributed by atoms with Crippen LogP contribution in [0.2, 0.25) is 0 Å². The monoisotopic (exact) mass is 434 g/mol. The van der Waals surface area contributed by atoms with Gasteiger partial charge in [0, 0.05) is 22.3 Å². The third kappa shape index (κ3) is 4.88. The lowest BCUT2D eigenvalue weighted by molar-refractivity contribution is 1.14. The standard InChI is InChI=1S/C34H26/c1-3-25-5-9-27(10-6-25)13-15-29-17-19-31-24-34-22-30(18-20-32(34)23-33(31)21-29)16-14-28-11-7-26(4-2)8-12-28/h5-12,17-24H,3-4H2,1-2H3. The summed E-state index contributed by atoms with van der Waals surface area (Å²) in [6.45, 7) is 4.33. The van der Waals surface area contributed by atoms with Crippen molar-refractivity contribution in [3.63, 3.8) is 0 Å². The molecule has 5 rings (SSSR count). The van der Waals surface area contributed by atoms with Crippen LogP contribution in [0.25, 0.3) is 21.5 Å². The maximum absolute atomic E-state index is 3.32. The first-order chi connectivity index (χ1) is 16.7. The molecule has 5 aromatic rings. The average molecular weight is 435 g/mol. The number of benzene rings is 5. The fourth-order valence-corrected chi connectivity index (χ4v) is 4.09. The predicted octanol–water partition coefficient (Wildman–Crippen LogP) is 7.92. The van der Waals surface area contributed by atoms with E-state index in [9.17, 15) is 0 Å². The Kier molecular flexibility index (Phi) is 6.16. The Morgan fingerprint density at radius 2 is 0.735 bits per heavy atom. The summed E-state index contributed by atoms with van der Waals surface area (Å²) in [4.78, 5) is 0. The number of fused-ring (bicyclic) bond motifs is 2. The van der Waals surface area contributed by atoms with Crippen LogP contribution in [0.4, 0.5) is 0 Å². The van der Waals surface area contributed by atoms with Crippen LogP contribution in [0, 0.1) is 23.7 Å². The molecule has 0 atom stereocenters. The minimum absolute atomic E-state index is 1.03. The molecule has 0 aliphatic carbocycles. The lowest BCUT2D eigenvalue weighted by Crippen LogP contribution is -1.83. The maximum Gasteiger partial charge on any atom is 0.0255 e. The van der Waals surface area contributed by atoms with Crippen LogP contribution in [0.15, 0.2) is 97.1 Å². The van der Waals surface area contributed by atoms with E-state index in [4.69, 9.17) is 0 Å². The van der Waals surface area contributed by atoms with Gasteiger partial charge in [0.05, 0.1) is 0 Å². The molecule has 0 saturated heterocycles. The summed E-state index contributed by atoms with van der Waals surface area (Å²) >= 11 is 0. The molecule has 0 fully saturated rings. The van der Waals surface area contributed by atoms with Crippen LogP contribution < -0.4 is 0 Å². The molecule has 0 unspecified atom stereocenters. The van der Waals surface area contributed by atoms with Crippen molar-refractivity contribution in [3.8, 4) is 23.7 Å². The van der Waals surface area contributed by atoms with E-state index in [2.05, 4.69) is 135 Å². The molecule has 0 spiro atoms. The number of hydrogen-bond donors (Lipinski definition) is 0. The van der Waals surface area contributed by atoms with E-state index >= 15 is 0 Å². The van der Waals surface area contributed by atoms with Gasteiger partial charge in [-0.15, -0.1) is 0 Å². The first kappa shape index (κ1) is 21.6. The van der Waals surface area contributed by atoms with Crippen LogP contribution in [0.3, 0.4) is 0 Å². The van der Waals surface area contributed by atoms with Gasteiger partial charge in [0.15, 0.2) is 0 Å². The fraction of sp³-hybridized carbons (Fsp3) is 0.118. The van der Waals surface area contributed by atoms with Gasteiger partial charge >= 0.3 is 0 Å². The SMILES string of the molecule is CCc1ccc(C#Cc2ccc3cc4cc(C#Cc5ccc(CC)cc5)ccc4cc3c2)cc1. The van der Waals surface area contributed by atoms with Crippen molar-refractivity contribution < 1.29 is 0 Å². The Labute approximate surface area is 202 Å². The van der Waals surface area contributed by atoms with Crippen molar-refractivity contribution in [2.75, 3.05) is 0 Å². The second-order valence-corrected chi connectivity index (χ2v) is 8.58. The molecule has 0 aromatic heterocycles. The number of hydrogen-bond acceptors (Lipinski definition) is 0. The Bertz CT molecular complexity index is 1470. The van der Waals surface area contributed by atoms with Crippen LogP contribution in [0.1, 0.15) is 47.2 Å². The first-order valence-corrected chi connectivity index (χ1v) is 11.9. The second kappa shape index (κ2) is 9.70. The van der Waals surface area contributed by atoms with Gasteiger partial charge in [-0.2, -0.15) is 0 Å². The molecule has 5 aromatic carbocycles. The van der Waals surface area contributed by atoms with Crippen molar-refractivity contribution in [3.05, 3.63) is 130 Å². The normalized spacial score (nSPS) is 10.4. The molecule has 0 aliphatic heterocycles. The molecule has 0 heterocycles. The quantitative estimate of drug-likeness (QED) is 0.196. The van der Waals surface area contributed by atoms with E-state index in [1.807, 2.05) is 0 Å². The highest BCUT2D eigenvalue weighted by Gasteiger charge is 2.01. The molecule has 0 N–H and O–H groups in total. The summed E-state index contributed by atoms with van der Waals surface area (Å²) < 4.78 is 0. The van der Waals surface area contributed by atoms with Gasteiger partial charge in [-0.3, -0.25) is 0 Å². The number of rotatable bonds is 2. The highest BCUT2D eigenvalue weighted by molar-refractivity contribution is 5.99. The summed E-state index contributed by atoms with van der Waals surface area (Å²) in [5, 5.41) is 4.84. The summed E-state index contributed by atoms with van der Waals surface area (Å²) in [6.07, 6.45) is 2.10.